The predicted octanol–water partition coefficient (Wildman–Crippen LogP) is 3.42. The average molecular weight is 329 g/mol. The van der Waals surface area contributed by atoms with Crippen molar-refractivity contribution in [1.29, 1.82) is 0 Å². The fourth-order valence-corrected chi connectivity index (χ4v) is 3.73. The van der Waals surface area contributed by atoms with Crippen LogP contribution in [0.3, 0.4) is 0 Å². The van der Waals surface area contributed by atoms with Crippen LogP contribution in [0.2, 0.25) is 0 Å². The molecule has 0 aliphatic carbocycles. The zero-order valence-corrected chi connectivity index (χ0v) is 14.0. The molecule has 2 amide bonds. The van der Waals surface area contributed by atoms with Gasteiger partial charge in [-0.3, -0.25) is 0 Å². The van der Waals surface area contributed by atoms with Gasteiger partial charge in [-0.2, -0.15) is 0 Å². The zero-order valence-electron chi connectivity index (χ0n) is 14.0. The summed E-state index contributed by atoms with van der Waals surface area (Å²) in [6.45, 7) is 5.29. The third-order valence-electron chi connectivity index (χ3n) is 5.26. The van der Waals surface area contributed by atoms with E-state index in [1.54, 1.807) is 0 Å². The molecule has 3 heterocycles. The molecule has 1 aromatic heterocycles. The Morgan fingerprint density at radius 2 is 2.17 bits per heavy atom. The number of nitrogens with zero attached hydrogens (tertiary/aromatic N) is 2. The van der Waals surface area contributed by atoms with Gasteiger partial charge < -0.3 is 19.4 Å². The SMILES string of the molecule is CCc1nc2cc(NC(=O)N3CCC4(CCOCC4)C3)ccc2o1. The van der Waals surface area contributed by atoms with Crippen molar-refractivity contribution >= 4 is 22.8 Å². The van der Waals surface area contributed by atoms with Crippen LogP contribution in [0, 0.1) is 5.41 Å². The maximum Gasteiger partial charge on any atom is 0.321 e. The Morgan fingerprint density at radius 1 is 1.33 bits per heavy atom. The smallest absolute Gasteiger partial charge is 0.321 e. The number of ether oxygens (including phenoxy) is 1. The summed E-state index contributed by atoms with van der Waals surface area (Å²) in [6.07, 6.45) is 3.95. The molecule has 2 aliphatic rings. The first-order valence-electron chi connectivity index (χ1n) is 8.71. The second kappa shape index (κ2) is 6.09. The minimum absolute atomic E-state index is 0.0306. The van der Waals surface area contributed by atoms with Gasteiger partial charge in [0.05, 0.1) is 0 Å². The van der Waals surface area contributed by atoms with Gasteiger partial charge in [0.2, 0.25) is 0 Å². The molecular formula is C18H23N3O3. The Hall–Kier alpha value is -2.08. The molecular weight excluding hydrogens is 306 g/mol. The van der Waals surface area contributed by atoms with Crippen molar-refractivity contribution in [2.45, 2.75) is 32.6 Å². The first-order chi connectivity index (χ1) is 11.7. The summed E-state index contributed by atoms with van der Waals surface area (Å²) in [5.74, 6) is 0.717. The van der Waals surface area contributed by atoms with Crippen LogP contribution in [0.5, 0.6) is 0 Å². The molecule has 2 saturated heterocycles. The van der Waals surface area contributed by atoms with Crippen LogP contribution in [0.25, 0.3) is 11.1 Å². The highest BCUT2D eigenvalue weighted by Gasteiger charge is 2.40. The molecule has 128 valence electrons. The number of likely N-dealkylation sites (tertiary alicyclic amines) is 1. The lowest BCUT2D eigenvalue weighted by molar-refractivity contribution is 0.0211. The maximum atomic E-state index is 12.6. The van der Waals surface area contributed by atoms with Gasteiger partial charge in [-0.15, -0.1) is 0 Å². The molecule has 4 rings (SSSR count). The Morgan fingerprint density at radius 3 is 2.96 bits per heavy atom. The standard InChI is InChI=1S/C18H23N3O3/c1-2-16-20-14-11-13(3-4-15(14)24-16)19-17(22)21-8-5-18(12-21)6-9-23-10-7-18/h3-4,11H,2,5-10,12H2,1H3,(H,19,22). The minimum atomic E-state index is -0.0306. The number of benzene rings is 1. The van der Waals surface area contributed by atoms with E-state index in [-0.39, 0.29) is 11.4 Å². The predicted molar refractivity (Wildman–Crippen MR) is 91.1 cm³/mol. The lowest BCUT2D eigenvalue weighted by atomic mass is 9.80. The first kappa shape index (κ1) is 15.4. The van der Waals surface area contributed by atoms with E-state index in [4.69, 9.17) is 9.15 Å². The number of nitrogens with one attached hydrogen (secondary N) is 1. The summed E-state index contributed by atoms with van der Waals surface area (Å²) in [7, 11) is 0. The lowest BCUT2D eigenvalue weighted by Gasteiger charge is -2.33. The highest BCUT2D eigenvalue weighted by molar-refractivity contribution is 5.91. The van der Waals surface area contributed by atoms with Crippen molar-refractivity contribution in [3.8, 4) is 0 Å². The molecule has 0 atom stereocenters. The number of amides is 2. The van der Waals surface area contributed by atoms with Gasteiger partial charge in [0, 0.05) is 38.4 Å². The Kier molecular flexibility index (Phi) is 3.92. The summed E-state index contributed by atoms with van der Waals surface area (Å²) in [5, 5.41) is 3.00. The van der Waals surface area contributed by atoms with E-state index < -0.39 is 0 Å². The Labute approximate surface area is 141 Å². The average Bonchev–Trinajstić information content (AvgIpc) is 3.19. The highest BCUT2D eigenvalue weighted by Crippen LogP contribution is 2.39. The van der Waals surface area contributed by atoms with Crippen LogP contribution in [-0.4, -0.2) is 42.2 Å². The number of rotatable bonds is 2. The van der Waals surface area contributed by atoms with Gasteiger partial charge >= 0.3 is 6.03 Å². The van der Waals surface area contributed by atoms with E-state index in [2.05, 4.69) is 10.3 Å². The van der Waals surface area contributed by atoms with Gasteiger partial charge in [0.25, 0.3) is 0 Å². The van der Waals surface area contributed by atoms with Crippen LogP contribution < -0.4 is 5.32 Å². The topological polar surface area (TPSA) is 67.6 Å². The van der Waals surface area contributed by atoms with E-state index in [0.717, 1.165) is 74.7 Å². The lowest BCUT2D eigenvalue weighted by Crippen LogP contribution is -2.37. The van der Waals surface area contributed by atoms with Crippen molar-refractivity contribution in [3.05, 3.63) is 24.1 Å². The molecule has 1 spiro atoms. The van der Waals surface area contributed by atoms with E-state index in [9.17, 15) is 4.79 Å². The second-order valence-electron chi connectivity index (χ2n) is 6.86. The minimum Gasteiger partial charge on any atom is -0.441 e. The van der Waals surface area contributed by atoms with Crippen LogP contribution in [0.4, 0.5) is 10.5 Å². The number of aromatic nitrogens is 1. The molecule has 2 aliphatic heterocycles. The molecule has 0 bridgehead atoms. The molecule has 1 aromatic carbocycles. The number of urea groups is 1. The van der Waals surface area contributed by atoms with E-state index >= 15 is 0 Å². The van der Waals surface area contributed by atoms with Gasteiger partial charge in [-0.1, -0.05) is 6.92 Å². The quantitative estimate of drug-likeness (QED) is 0.916. The van der Waals surface area contributed by atoms with E-state index in [0.29, 0.717) is 0 Å². The van der Waals surface area contributed by atoms with Crippen LogP contribution >= 0.6 is 0 Å². The van der Waals surface area contributed by atoms with Crippen molar-refractivity contribution in [3.63, 3.8) is 0 Å². The van der Waals surface area contributed by atoms with Crippen molar-refractivity contribution in [1.82, 2.24) is 9.88 Å². The summed E-state index contributed by atoms with van der Waals surface area (Å²) < 4.78 is 11.1. The third kappa shape index (κ3) is 2.86. The molecule has 0 radical (unpaired) electrons. The monoisotopic (exact) mass is 329 g/mol. The van der Waals surface area contributed by atoms with Gasteiger partial charge in [0.1, 0.15) is 5.52 Å². The number of anilines is 1. The van der Waals surface area contributed by atoms with Gasteiger partial charge in [-0.25, -0.2) is 9.78 Å². The fourth-order valence-electron chi connectivity index (χ4n) is 3.73. The Bertz CT molecular complexity index is 749. The molecule has 24 heavy (non-hydrogen) atoms. The van der Waals surface area contributed by atoms with Gasteiger partial charge in [-0.05, 0) is 42.9 Å². The number of oxazole rings is 1. The zero-order chi connectivity index (χ0) is 16.6. The van der Waals surface area contributed by atoms with Crippen molar-refractivity contribution in [2.24, 2.45) is 5.41 Å². The molecule has 0 unspecified atom stereocenters. The normalized spacial score (nSPS) is 20.0. The number of hydrogen-bond donors (Lipinski definition) is 1. The second-order valence-corrected chi connectivity index (χ2v) is 6.86. The summed E-state index contributed by atoms with van der Waals surface area (Å²) in [5.41, 5.74) is 2.57. The van der Waals surface area contributed by atoms with Crippen molar-refractivity contribution < 1.29 is 13.9 Å². The molecule has 6 nitrogen and oxygen atoms in total. The molecule has 2 aromatic rings. The van der Waals surface area contributed by atoms with Gasteiger partial charge in [0.15, 0.2) is 11.5 Å². The largest absolute Gasteiger partial charge is 0.441 e. The molecule has 2 fully saturated rings. The Balaban J connectivity index is 1.44. The highest BCUT2D eigenvalue weighted by atomic mass is 16.5. The summed E-state index contributed by atoms with van der Waals surface area (Å²) in [4.78, 5) is 18.9. The van der Waals surface area contributed by atoms with Crippen LogP contribution in [-0.2, 0) is 11.2 Å². The number of aryl methyl sites for hydroxylation is 1. The summed E-state index contributed by atoms with van der Waals surface area (Å²) in [6, 6.07) is 5.57. The number of hydrogen-bond acceptors (Lipinski definition) is 4. The first-order valence-corrected chi connectivity index (χ1v) is 8.71. The molecule has 6 heteroatoms. The summed E-state index contributed by atoms with van der Waals surface area (Å²) >= 11 is 0. The fraction of sp³-hybridized carbons (Fsp3) is 0.556. The van der Waals surface area contributed by atoms with Crippen molar-refractivity contribution in [2.75, 3.05) is 31.6 Å². The van der Waals surface area contributed by atoms with Crippen LogP contribution in [0.15, 0.2) is 22.6 Å². The number of carbonyl (C=O) groups excluding carboxylic acids is 1. The number of carbonyl (C=O) groups is 1. The number of fused-ring (bicyclic) bond motifs is 1. The third-order valence-corrected chi connectivity index (χ3v) is 5.26. The molecule has 0 saturated carbocycles. The van der Waals surface area contributed by atoms with E-state index in [1.807, 2.05) is 30.0 Å². The van der Waals surface area contributed by atoms with Crippen LogP contribution in [0.1, 0.15) is 32.1 Å². The maximum absolute atomic E-state index is 12.6. The van der Waals surface area contributed by atoms with E-state index in [1.165, 1.54) is 0 Å². The molecule has 1 N–H and O–H groups in total.